The fourth-order valence-electron chi connectivity index (χ4n) is 1.47. The third kappa shape index (κ3) is 4.64. The van der Waals surface area contributed by atoms with E-state index in [1.54, 1.807) is 0 Å². The third-order valence-electron chi connectivity index (χ3n) is 2.40. The van der Waals surface area contributed by atoms with E-state index in [0.717, 1.165) is 26.1 Å². The van der Waals surface area contributed by atoms with Gasteiger partial charge in [0.05, 0.1) is 6.42 Å². The number of carbonyl (C=O) groups is 1. The van der Waals surface area contributed by atoms with Crippen LogP contribution in [0.15, 0.2) is 5.16 Å². The molecule has 0 spiro atoms. The van der Waals surface area contributed by atoms with Gasteiger partial charge < -0.3 is 21.0 Å². The van der Waals surface area contributed by atoms with Crippen LogP contribution in [0.2, 0.25) is 0 Å². The Bertz CT molecular complexity index is 237. The lowest BCUT2D eigenvalue weighted by Gasteiger charge is -2.22. The smallest absolute Gasteiger partial charge is 0.227 e. The van der Waals surface area contributed by atoms with E-state index in [0.29, 0.717) is 12.5 Å². The first-order valence-electron chi connectivity index (χ1n) is 5.03. The van der Waals surface area contributed by atoms with Gasteiger partial charge in [0.1, 0.15) is 5.84 Å². The zero-order chi connectivity index (χ0) is 11.1. The summed E-state index contributed by atoms with van der Waals surface area (Å²) in [6, 6.07) is 0. The van der Waals surface area contributed by atoms with Crippen molar-refractivity contribution in [2.45, 2.75) is 19.3 Å². The molecule has 1 amide bonds. The average Bonchev–Trinajstić information content (AvgIpc) is 2.27. The number of oxime groups is 1. The Hall–Kier alpha value is -1.30. The van der Waals surface area contributed by atoms with Crippen LogP contribution < -0.4 is 11.1 Å². The van der Waals surface area contributed by atoms with Gasteiger partial charge in [-0.25, -0.2) is 0 Å². The molecule has 6 heteroatoms. The standard InChI is InChI=1S/C9H17N3O3/c10-8(12-14)5-9(13)11-6-7-1-3-15-4-2-7/h7,14H,1-6H2,(H2,10,12)(H,11,13). The zero-order valence-corrected chi connectivity index (χ0v) is 8.61. The first-order chi connectivity index (χ1) is 7.22. The summed E-state index contributed by atoms with van der Waals surface area (Å²) in [6.07, 6.45) is 1.90. The molecular formula is C9H17N3O3. The predicted octanol–water partition coefficient (Wildman–Crippen LogP) is -0.334. The molecule has 1 aliphatic heterocycles. The zero-order valence-electron chi connectivity index (χ0n) is 8.61. The predicted molar refractivity (Wildman–Crippen MR) is 54.6 cm³/mol. The highest BCUT2D eigenvalue weighted by Gasteiger charge is 2.14. The summed E-state index contributed by atoms with van der Waals surface area (Å²) >= 11 is 0. The molecule has 0 saturated carbocycles. The maximum Gasteiger partial charge on any atom is 0.227 e. The van der Waals surface area contributed by atoms with E-state index in [1.165, 1.54) is 0 Å². The summed E-state index contributed by atoms with van der Waals surface area (Å²) in [7, 11) is 0. The van der Waals surface area contributed by atoms with Crippen LogP contribution in [0.25, 0.3) is 0 Å². The highest BCUT2D eigenvalue weighted by molar-refractivity contribution is 5.98. The van der Waals surface area contributed by atoms with Crippen molar-refractivity contribution in [2.75, 3.05) is 19.8 Å². The Morgan fingerprint density at radius 1 is 1.53 bits per heavy atom. The SMILES string of the molecule is NC(CC(=O)NCC1CCOCC1)=NO. The Balaban J connectivity index is 2.15. The molecule has 6 nitrogen and oxygen atoms in total. The summed E-state index contributed by atoms with van der Waals surface area (Å²) in [6.45, 7) is 2.17. The van der Waals surface area contributed by atoms with E-state index in [9.17, 15) is 4.79 Å². The van der Waals surface area contributed by atoms with Crippen LogP contribution >= 0.6 is 0 Å². The Labute approximate surface area is 88.5 Å². The van der Waals surface area contributed by atoms with Gasteiger partial charge in [-0.1, -0.05) is 5.16 Å². The Morgan fingerprint density at radius 2 is 2.20 bits per heavy atom. The molecule has 1 rings (SSSR count). The third-order valence-corrected chi connectivity index (χ3v) is 2.40. The van der Waals surface area contributed by atoms with Crippen molar-refractivity contribution in [1.29, 1.82) is 0 Å². The van der Waals surface area contributed by atoms with Gasteiger partial charge in [0.25, 0.3) is 0 Å². The fourth-order valence-corrected chi connectivity index (χ4v) is 1.47. The van der Waals surface area contributed by atoms with Crippen molar-refractivity contribution in [3.05, 3.63) is 0 Å². The number of ether oxygens (including phenoxy) is 1. The number of nitrogens with two attached hydrogens (primary N) is 1. The number of rotatable bonds is 4. The quantitative estimate of drug-likeness (QED) is 0.259. The summed E-state index contributed by atoms with van der Waals surface area (Å²) in [5.41, 5.74) is 5.20. The number of amidine groups is 1. The lowest BCUT2D eigenvalue weighted by molar-refractivity contribution is -0.120. The lowest BCUT2D eigenvalue weighted by Crippen LogP contribution is -2.34. The van der Waals surface area contributed by atoms with Crippen LogP contribution in [0.5, 0.6) is 0 Å². The Kier molecular flexibility index (Phi) is 4.89. The van der Waals surface area contributed by atoms with Gasteiger partial charge in [0.15, 0.2) is 0 Å². The lowest BCUT2D eigenvalue weighted by atomic mass is 10.0. The highest BCUT2D eigenvalue weighted by atomic mass is 16.5. The van der Waals surface area contributed by atoms with E-state index in [4.69, 9.17) is 15.7 Å². The second kappa shape index (κ2) is 6.23. The molecule has 0 aliphatic carbocycles. The monoisotopic (exact) mass is 215 g/mol. The van der Waals surface area contributed by atoms with E-state index < -0.39 is 0 Å². The van der Waals surface area contributed by atoms with Gasteiger partial charge in [-0.05, 0) is 18.8 Å². The molecule has 0 atom stereocenters. The van der Waals surface area contributed by atoms with Crippen LogP contribution in [0.4, 0.5) is 0 Å². The second-order valence-corrected chi connectivity index (χ2v) is 3.63. The van der Waals surface area contributed by atoms with Gasteiger partial charge in [-0.2, -0.15) is 0 Å². The maximum absolute atomic E-state index is 11.2. The molecule has 0 aromatic heterocycles. The molecule has 1 fully saturated rings. The van der Waals surface area contributed by atoms with Crippen molar-refractivity contribution >= 4 is 11.7 Å². The van der Waals surface area contributed by atoms with Crippen LogP contribution in [0, 0.1) is 5.92 Å². The molecule has 86 valence electrons. The summed E-state index contributed by atoms with van der Waals surface area (Å²) in [4.78, 5) is 11.2. The number of nitrogens with zero attached hydrogens (tertiary/aromatic N) is 1. The first kappa shape index (κ1) is 11.8. The first-order valence-corrected chi connectivity index (χ1v) is 5.03. The van der Waals surface area contributed by atoms with Crippen molar-refractivity contribution < 1.29 is 14.7 Å². The van der Waals surface area contributed by atoms with E-state index in [2.05, 4.69) is 10.5 Å². The molecule has 15 heavy (non-hydrogen) atoms. The minimum absolute atomic E-state index is 0.0558. The minimum atomic E-state index is -0.211. The molecule has 1 saturated heterocycles. The van der Waals surface area contributed by atoms with Crippen molar-refractivity contribution in [1.82, 2.24) is 5.32 Å². The molecule has 0 radical (unpaired) electrons. The normalized spacial score (nSPS) is 18.8. The second-order valence-electron chi connectivity index (χ2n) is 3.63. The van der Waals surface area contributed by atoms with Gasteiger partial charge in [0, 0.05) is 19.8 Å². The van der Waals surface area contributed by atoms with Crippen molar-refractivity contribution in [2.24, 2.45) is 16.8 Å². The van der Waals surface area contributed by atoms with E-state index >= 15 is 0 Å². The van der Waals surface area contributed by atoms with Crippen molar-refractivity contribution in [3.8, 4) is 0 Å². The molecule has 4 N–H and O–H groups in total. The molecule has 0 unspecified atom stereocenters. The van der Waals surface area contributed by atoms with E-state index in [1.807, 2.05) is 0 Å². The number of carbonyl (C=O) groups excluding carboxylic acids is 1. The van der Waals surface area contributed by atoms with Crippen LogP contribution in [0.1, 0.15) is 19.3 Å². The van der Waals surface area contributed by atoms with Gasteiger partial charge in [0.2, 0.25) is 5.91 Å². The fraction of sp³-hybridized carbons (Fsp3) is 0.778. The van der Waals surface area contributed by atoms with Crippen LogP contribution in [0.3, 0.4) is 0 Å². The number of nitrogens with one attached hydrogen (secondary N) is 1. The molecule has 1 heterocycles. The summed E-state index contributed by atoms with van der Waals surface area (Å²) < 4.78 is 5.20. The number of amides is 1. The Morgan fingerprint density at radius 3 is 2.80 bits per heavy atom. The summed E-state index contributed by atoms with van der Waals surface area (Å²) in [5.74, 6) is 0.200. The minimum Gasteiger partial charge on any atom is -0.409 e. The van der Waals surface area contributed by atoms with Crippen LogP contribution in [-0.4, -0.2) is 36.7 Å². The maximum atomic E-state index is 11.2. The average molecular weight is 215 g/mol. The van der Waals surface area contributed by atoms with E-state index in [-0.39, 0.29) is 18.2 Å². The van der Waals surface area contributed by atoms with Gasteiger partial charge in [-0.3, -0.25) is 4.79 Å². The van der Waals surface area contributed by atoms with Gasteiger partial charge in [-0.15, -0.1) is 0 Å². The molecule has 1 aliphatic rings. The molecule has 0 aromatic rings. The van der Waals surface area contributed by atoms with Gasteiger partial charge >= 0.3 is 0 Å². The summed E-state index contributed by atoms with van der Waals surface area (Å²) in [5, 5.41) is 13.8. The number of hydrogen-bond acceptors (Lipinski definition) is 4. The van der Waals surface area contributed by atoms with Crippen molar-refractivity contribution in [3.63, 3.8) is 0 Å². The highest BCUT2D eigenvalue weighted by Crippen LogP contribution is 2.12. The number of hydrogen-bond donors (Lipinski definition) is 3. The largest absolute Gasteiger partial charge is 0.409 e. The molecule has 0 bridgehead atoms. The topological polar surface area (TPSA) is 96.9 Å². The molecule has 0 aromatic carbocycles. The van der Waals surface area contributed by atoms with Crippen LogP contribution in [-0.2, 0) is 9.53 Å². The molecular weight excluding hydrogens is 198 g/mol.